The molecular weight excluding hydrogens is 304 g/mol. The second kappa shape index (κ2) is 8.00. The molecule has 0 saturated carbocycles. The van der Waals surface area contributed by atoms with Crippen molar-refractivity contribution in [3.05, 3.63) is 69.8 Å². The summed E-state index contributed by atoms with van der Waals surface area (Å²) in [5.41, 5.74) is 6.75. The van der Waals surface area contributed by atoms with Gasteiger partial charge in [-0.3, -0.25) is 0 Å². The zero-order chi connectivity index (χ0) is 17.0. The lowest BCUT2D eigenvalue weighted by Gasteiger charge is -2.15. The Labute approximate surface area is 143 Å². The predicted octanol–water partition coefficient (Wildman–Crippen LogP) is 4.42. The second-order valence-corrected chi connectivity index (χ2v) is 7.33. The van der Waals surface area contributed by atoms with Gasteiger partial charge in [0.15, 0.2) is 0 Å². The number of thioether (sulfide) groups is 1. The molecule has 0 fully saturated rings. The number of rotatable bonds is 6. The van der Waals surface area contributed by atoms with Crippen molar-refractivity contribution in [2.24, 2.45) is 0 Å². The van der Waals surface area contributed by atoms with Crippen molar-refractivity contribution in [1.29, 1.82) is 0 Å². The van der Waals surface area contributed by atoms with E-state index in [1.54, 1.807) is 11.8 Å². The van der Waals surface area contributed by atoms with E-state index in [0.717, 1.165) is 11.1 Å². The molecule has 2 N–H and O–H groups in total. The van der Waals surface area contributed by atoms with Crippen LogP contribution in [0.25, 0.3) is 0 Å². The molecule has 2 atom stereocenters. The van der Waals surface area contributed by atoms with E-state index < -0.39 is 12.2 Å². The van der Waals surface area contributed by atoms with Crippen molar-refractivity contribution < 1.29 is 10.2 Å². The van der Waals surface area contributed by atoms with E-state index >= 15 is 0 Å². The van der Waals surface area contributed by atoms with Crippen LogP contribution in [0.3, 0.4) is 0 Å². The summed E-state index contributed by atoms with van der Waals surface area (Å²) in [5.74, 6) is 1.18. The third-order valence-electron chi connectivity index (χ3n) is 4.38. The summed E-state index contributed by atoms with van der Waals surface area (Å²) in [5, 5.41) is 20.6. The van der Waals surface area contributed by atoms with Crippen LogP contribution in [0.4, 0.5) is 0 Å². The number of aryl methyl sites for hydroxylation is 4. The Morgan fingerprint density at radius 2 is 1.09 bits per heavy atom. The molecule has 0 aliphatic rings. The van der Waals surface area contributed by atoms with Crippen molar-refractivity contribution in [3.63, 3.8) is 0 Å². The van der Waals surface area contributed by atoms with Gasteiger partial charge in [0, 0.05) is 11.5 Å². The van der Waals surface area contributed by atoms with E-state index in [4.69, 9.17) is 0 Å². The largest absolute Gasteiger partial charge is 0.388 e. The average molecular weight is 330 g/mol. The highest BCUT2D eigenvalue weighted by atomic mass is 32.2. The smallest absolute Gasteiger partial charge is 0.0880 e. The summed E-state index contributed by atoms with van der Waals surface area (Å²) in [6.07, 6.45) is -0.988. The summed E-state index contributed by atoms with van der Waals surface area (Å²) in [7, 11) is 0. The van der Waals surface area contributed by atoms with Crippen LogP contribution in [0.2, 0.25) is 0 Å². The summed E-state index contributed by atoms with van der Waals surface area (Å²) in [6.45, 7) is 8.25. The molecule has 0 heterocycles. The Morgan fingerprint density at radius 1 is 0.696 bits per heavy atom. The molecule has 0 aromatic heterocycles. The number of hydrogen-bond donors (Lipinski definition) is 2. The van der Waals surface area contributed by atoms with Crippen LogP contribution >= 0.6 is 11.8 Å². The van der Waals surface area contributed by atoms with Crippen LogP contribution in [-0.4, -0.2) is 21.7 Å². The monoisotopic (exact) mass is 330 g/mol. The Morgan fingerprint density at radius 3 is 1.43 bits per heavy atom. The minimum absolute atomic E-state index is 0.494. The normalized spacial score (nSPS) is 13.8. The summed E-state index contributed by atoms with van der Waals surface area (Å²) < 4.78 is 0. The van der Waals surface area contributed by atoms with Gasteiger partial charge in [-0.2, -0.15) is 11.8 Å². The first kappa shape index (κ1) is 18.1. The minimum Gasteiger partial charge on any atom is -0.388 e. The number of hydrogen-bond acceptors (Lipinski definition) is 3. The van der Waals surface area contributed by atoms with Gasteiger partial charge in [-0.15, -0.1) is 0 Å². The van der Waals surface area contributed by atoms with Crippen LogP contribution < -0.4 is 0 Å². The molecule has 0 saturated heterocycles. The number of aliphatic hydroxyl groups is 2. The van der Waals surface area contributed by atoms with Gasteiger partial charge in [0.2, 0.25) is 0 Å². The fourth-order valence-corrected chi connectivity index (χ4v) is 3.40. The van der Waals surface area contributed by atoms with Crippen molar-refractivity contribution >= 4 is 11.8 Å². The fraction of sp³-hybridized carbons (Fsp3) is 0.400. The van der Waals surface area contributed by atoms with Crippen molar-refractivity contribution in [1.82, 2.24) is 0 Å². The molecule has 0 bridgehead atoms. The molecule has 0 aliphatic carbocycles. The van der Waals surface area contributed by atoms with E-state index in [0.29, 0.717) is 11.5 Å². The first-order chi connectivity index (χ1) is 10.9. The Bertz CT molecular complexity index is 609. The van der Waals surface area contributed by atoms with Gasteiger partial charge in [0.05, 0.1) is 12.2 Å². The highest BCUT2D eigenvalue weighted by Crippen LogP contribution is 2.25. The van der Waals surface area contributed by atoms with E-state index in [1.807, 2.05) is 36.4 Å². The van der Waals surface area contributed by atoms with E-state index in [9.17, 15) is 10.2 Å². The lowest BCUT2D eigenvalue weighted by molar-refractivity contribution is 0.198. The van der Waals surface area contributed by atoms with E-state index in [-0.39, 0.29) is 0 Å². The van der Waals surface area contributed by atoms with Gasteiger partial charge >= 0.3 is 0 Å². The lowest BCUT2D eigenvalue weighted by atomic mass is 10.0. The molecule has 2 aromatic rings. The van der Waals surface area contributed by atoms with Gasteiger partial charge in [-0.05, 0) is 61.1 Å². The Kier molecular flexibility index (Phi) is 6.28. The summed E-state index contributed by atoms with van der Waals surface area (Å²) in [4.78, 5) is 0. The molecule has 0 aliphatic heterocycles. The standard InChI is InChI=1S/C20H26O2S/c1-13-5-7-17(9-15(13)3)19(21)11-23-12-20(22)18-8-6-14(2)16(4)10-18/h5-10,19-22H,11-12H2,1-4H3. The maximum Gasteiger partial charge on any atom is 0.0880 e. The summed E-state index contributed by atoms with van der Waals surface area (Å²) >= 11 is 1.58. The maximum atomic E-state index is 10.3. The Hall–Kier alpha value is -1.29. The molecule has 0 amide bonds. The second-order valence-electron chi connectivity index (χ2n) is 6.26. The van der Waals surface area contributed by atoms with Crippen molar-refractivity contribution in [2.45, 2.75) is 39.9 Å². The van der Waals surface area contributed by atoms with Gasteiger partial charge < -0.3 is 10.2 Å². The molecular formula is C20H26O2S. The highest BCUT2D eigenvalue weighted by molar-refractivity contribution is 7.99. The number of aliphatic hydroxyl groups excluding tert-OH is 2. The van der Waals surface area contributed by atoms with Crippen molar-refractivity contribution in [3.8, 4) is 0 Å². The molecule has 2 unspecified atom stereocenters. The van der Waals surface area contributed by atoms with E-state index in [2.05, 4.69) is 27.7 Å². The maximum absolute atomic E-state index is 10.3. The number of benzene rings is 2. The average Bonchev–Trinajstić information content (AvgIpc) is 2.52. The van der Waals surface area contributed by atoms with Crippen LogP contribution in [-0.2, 0) is 0 Å². The SMILES string of the molecule is Cc1ccc(C(O)CSCC(O)c2ccc(C)c(C)c2)cc1C. The third-order valence-corrected chi connectivity index (χ3v) is 5.49. The highest BCUT2D eigenvalue weighted by Gasteiger charge is 2.12. The molecule has 2 nitrogen and oxygen atoms in total. The third kappa shape index (κ3) is 4.84. The van der Waals surface area contributed by atoms with Crippen LogP contribution in [0.1, 0.15) is 45.6 Å². The van der Waals surface area contributed by atoms with Crippen LogP contribution in [0.15, 0.2) is 36.4 Å². The molecule has 2 rings (SSSR count). The summed E-state index contributed by atoms with van der Waals surface area (Å²) in [6, 6.07) is 12.1. The van der Waals surface area contributed by atoms with Crippen LogP contribution in [0, 0.1) is 27.7 Å². The molecule has 23 heavy (non-hydrogen) atoms. The first-order valence-corrected chi connectivity index (χ1v) is 9.12. The topological polar surface area (TPSA) is 40.5 Å². The molecule has 0 radical (unpaired) electrons. The zero-order valence-corrected chi connectivity index (χ0v) is 15.2. The van der Waals surface area contributed by atoms with E-state index in [1.165, 1.54) is 22.3 Å². The molecule has 3 heteroatoms. The van der Waals surface area contributed by atoms with Gasteiger partial charge in [0.1, 0.15) is 0 Å². The first-order valence-electron chi connectivity index (χ1n) is 7.96. The minimum atomic E-state index is -0.494. The zero-order valence-electron chi connectivity index (χ0n) is 14.3. The van der Waals surface area contributed by atoms with Gasteiger partial charge in [-0.25, -0.2) is 0 Å². The Balaban J connectivity index is 1.88. The van der Waals surface area contributed by atoms with Gasteiger partial charge in [0.25, 0.3) is 0 Å². The predicted molar refractivity (Wildman–Crippen MR) is 99.1 cm³/mol. The quantitative estimate of drug-likeness (QED) is 0.823. The van der Waals surface area contributed by atoms with Gasteiger partial charge in [-0.1, -0.05) is 36.4 Å². The fourth-order valence-electron chi connectivity index (χ4n) is 2.43. The lowest BCUT2D eigenvalue weighted by Crippen LogP contribution is -2.06. The van der Waals surface area contributed by atoms with Crippen LogP contribution in [0.5, 0.6) is 0 Å². The molecule has 0 spiro atoms. The van der Waals surface area contributed by atoms with Crippen molar-refractivity contribution in [2.75, 3.05) is 11.5 Å². The molecule has 124 valence electrons. The molecule has 2 aromatic carbocycles.